The van der Waals surface area contributed by atoms with Gasteiger partial charge in [0.15, 0.2) is 0 Å². The second-order valence-corrected chi connectivity index (χ2v) is 3.92. The molecule has 1 rings (SSSR count). The van der Waals surface area contributed by atoms with Gasteiger partial charge in [0.2, 0.25) is 0 Å². The molecule has 0 fully saturated rings. The molecule has 1 aromatic carbocycles. The van der Waals surface area contributed by atoms with Gasteiger partial charge in [-0.15, -0.1) is 11.6 Å². The van der Waals surface area contributed by atoms with Gasteiger partial charge in [0, 0.05) is 11.6 Å². The largest absolute Gasteiger partial charge is 0.207 e. The lowest BCUT2D eigenvalue weighted by atomic mass is 9.98. The van der Waals surface area contributed by atoms with Crippen molar-refractivity contribution >= 4 is 11.6 Å². The van der Waals surface area contributed by atoms with Crippen molar-refractivity contribution in [2.45, 2.75) is 25.6 Å². The van der Waals surface area contributed by atoms with Crippen molar-refractivity contribution in [2.75, 3.05) is 0 Å². The Balaban J connectivity index is 2.95. The van der Waals surface area contributed by atoms with Crippen molar-refractivity contribution < 1.29 is 8.78 Å². The predicted octanol–water partition coefficient (Wildman–Crippen LogP) is 4.29. The van der Waals surface area contributed by atoms with Crippen LogP contribution in [-0.4, -0.2) is 0 Å². The third kappa shape index (κ3) is 2.44. The van der Waals surface area contributed by atoms with E-state index in [1.807, 2.05) is 13.8 Å². The maximum Gasteiger partial charge on any atom is 0.130 e. The fraction of sp³-hybridized carbons (Fsp3) is 0.455. The highest BCUT2D eigenvalue weighted by atomic mass is 35.5. The molecule has 1 aromatic rings. The van der Waals surface area contributed by atoms with Crippen LogP contribution >= 0.6 is 11.6 Å². The Bertz CT molecular complexity index is 312. The van der Waals surface area contributed by atoms with Gasteiger partial charge in [-0.3, -0.25) is 0 Å². The quantitative estimate of drug-likeness (QED) is 0.664. The van der Waals surface area contributed by atoms with Crippen molar-refractivity contribution in [2.24, 2.45) is 5.92 Å². The Kier molecular flexibility index (Phi) is 3.87. The van der Waals surface area contributed by atoms with Crippen LogP contribution in [0.5, 0.6) is 0 Å². The summed E-state index contributed by atoms with van der Waals surface area (Å²) in [6, 6.07) is 3.51. The number of rotatable bonds is 3. The van der Waals surface area contributed by atoms with Crippen LogP contribution in [0, 0.1) is 17.6 Å². The van der Waals surface area contributed by atoms with Crippen LogP contribution in [0.3, 0.4) is 0 Å². The summed E-state index contributed by atoms with van der Waals surface area (Å²) in [7, 11) is 0. The summed E-state index contributed by atoms with van der Waals surface area (Å²) in [4.78, 5) is 0. The monoisotopic (exact) mass is 218 g/mol. The number of benzene rings is 1. The molecule has 3 heteroatoms. The summed E-state index contributed by atoms with van der Waals surface area (Å²) >= 11 is 6.05. The summed E-state index contributed by atoms with van der Waals surface area (Å²) in [5.41, 5.74) is 0.377. The zero-order chi connectivity index (χ0) is 10.7. The van der Waals surface area contributed by atoms with Crippen molar-refractivity contribution in [3.63, 3.8) is 0 Å². The molecular formula is C11H13ClF2. The molecule has 0 amide bonds. The SMILES string of the molecule is CCC(C)C(Cl)c1ccc(F)cc1F. The average Bonchev–Trinajstić information content (AvgIpc) is 2.15. The summed E-state index contributed by atoms with van der Waals surface area (Å²) in [6.07, 6.45) is 0.866. The second-order valence-electron chi connectivity index (χ2n) is 3.45. The lowest BCUT2D eigenvalue weighted by Crippen LogP contribution is -2.05. The van der Waals surface area contributed by atoms with Gasteiger partial charge in [0.25, 0.3) is 0 Å². The molecule has 0 aliphatic carbocycles. The van der Waals surface area contributed by atoms with E-state index in [1.54, 1.807) is 0 Å². The fourth-order valence-corrected chi connectivity index (χ4v) is 1.59. The first-order chi connectivity index (χ1) is 6.56. The van der Waals surface area contributed by atoms with Gasteiger partial charge >= 0.3 is 0 Å². The molecule has 0 radical (unpaired) electrons. The number of hydrogen-bond acceptors (Lipinski definition) is 0. The molecule has 0 heterocycles. The highest BCUT2D eigenvalue weighted by molar-refractivity contribution is 6.21. The van der Waals surface area contributed by atoms with Crippen LogP contribution in [0.4, 0.5) is 8.78 Å². The normalized spacial score (nSPS) is 15.2. The standard InChI is InChI=1S/C11H13ClF2/c1-3-7(2)11(12)9-5-4-8(13)6-10(9)14/h4-7,11H,3H2,1-2H3. The molecule has 2 atom stereocenters. The molecule has 0 spiro atoms. The highest BCUT2D eigenvalue weighted by Gasteiger charge is 2.18. The molecule has 0 aromatic heterocycles. The maximum atomic E-state index is 13.3. The summed E-state index contributed by atoms with van der Waals surface area (Å²) in [5.74, 6) is -0.957. The minimum Gasteiger partial charge on any atom is -0.207 e. The molecule has 0 saturated heterocycles. The van der Waals surface area contributed by atoms with E-state index in [9.17, 15) is 8.78 Å². The molecule has 0 N–H and O–H groups in total. The van der Waals surface area contributed by atoms with E-state index in [0.29, 0.717) is 5.56 Å². The third-order valence-corrected chi connectivity index (χ3v) is 3.07. The van der Waals surface area contributed by atoms with Crippen LogP contribution in [-0.2, 0) is 0 Å². The van der Waals surface area contributed by atoms with Crippen molar-refractivity contribution in [1.29, 1.82) is 0 Å². The highest BCUT2D eigenvalue weighted by Crippen LogP contribution is 2.32. The van der Waals surface area contributed by atoms with E-state index in [0.717, 1.165) is 12.5 Å². The van der Waals surface area contributed by atoms with E-state index in [1.165, 1.54) is 12.1 Å². The predicted molar refractivity (Wildman–Crippen MR) is 54.4 cm³/mol. The van der Waals surface area contributed by atoms with Gasteiger partial charge in [0.1, 0.15) is 11.6 Å². The van der Waals surface area contributed by atoms with Crippen LogP contribution in [0.1, 0.15) is 31.2 Å². The van der Waals surface area contributed by atoms with Crippen LogP contribution in [0.15, 0.2) is 18.2 Å². The summed E-state index contributed by atoms with van der Waals surface area (Å²) in [6.45, 7) is 3.93. The topological polar surface area (TPSA) is 0 Å². The van der Waals surface area contributed by atoms with E-state index < -0.39 is 11.6 Å². The maximum absolute atomic E-state index is 13.3. The molecular weight excluding hydrogens is 206 g/mol. The van der Waals surface area contributed by atoms with Crippen LogP contribution < -0.4 is 0 Å². The minimum absolute atomic E-state index is 0.177. The molecule has 0 nitrogen and oxygen atoms in total. The lowest BCUT2D eigenvalue weighted by Gasteiger charge is -2.16. The fourth-order valence-electron chi connectivity index (χ4n) is 1.24. The van der Waals surface area contributed by atoms with Gasteiger partial charge in [-0.05, 0) is 12.0 Å². The van der Waals surface area contributed by atoms with Crippen molar-refractivity contribution in [3.8, 4) is 0 Å². The van der Waals surface area contributed by atoms with Crippen LogP contribution in [0.25, 0.3) is 0 Å². The first-order valence-electron chi connectivity index (χ1n) is 4.65. The molecule has 0 saturated carbocycles. The molecule has 78 valence electrons. The molecule has 0 aliphatic heterocycles. The van der Waals surface area contributed by atoms with E-state index in [4.69, 9.17) is 11.6 Å². The zero-order valence-corrected chi connectivity index (χ0v) is 8.98. The van der Waals surface area contributed by atoms with Crippen molar-refractivity contribution in [3.05, 3.63) is 35.4 Å². The van der Waals surface area contributed by atoms with E-state index >= 15 is 0 Å². The third-order valence-electron chi connectivity index (χ3n) is 2.40. The Morgan fingerprint density at radius 1 is 1.36 bits per heavy atom. The Hall–Kier alpha value is -0.630. The Morgan fingerprint density at radius 3 is 2.50 bits per heavy atom. The van der Waals surface area contributed by atoms with Gasteiger partial charge in [-0.25, -0.2) is 8.78 Å². The lowest BCUT2D eigenvalue weighted by molar-refractivity contribution is 0.509. The van der Waals surface area contributed by atoms with Gasteiger partial charge in [-0.1, -0.05) is 26.3 Å². The summed E-state index contributed by atoms with van der Waals surface area (Å²) in [5, 5.41) is -0.388. The smallest absolute Gasteiger partial charge is 0.130 e. The zero-order valence-electron chi connectivity index (χ0n) is 8.23. The molecule has 0 bridgehead atoms. The molecule has 2 unspecified atom stereocenters. The summed E-state index contributed by atoms with van der Waals surface area (Å²) < 4.78 is 25.9. The Labute approximate surface area is 87.9 Å². The number of halogens is 3. The van der Waals surface area contributed by atoms with Crippen LogP contribution in [0.2, 0.25) is 0 Å². The number of alkyl halides is 1. The van der Waals surface area contributed by atoms with Gasteiger partial charge in [0.05, 0.1) is 5.38 Å². The molecule has 0 aliphatic rings. The van der Waals surface area contributed by atoms with E-state index in [-0.39, 0.29) is 11.3 Å². The first kappa shape index (κ1) is 11.4. The van der Waals surface area contributed by atoms with E-state index in [2.05, 4.69) is 0 Å². The minimum atomic E-state index is -0.570. The number of hydrogen-bond donors (Lipinski definition) is 0. The first-order valence-corrected chi connectivity index (χ1v) is 5.09. The van der Waals surface area contributed by atoms with Gasteiger partial charge in [-0.2, -0.15) is 0 Å². The van der Waals surface area contributed by atoms with Crippen molar-refractivity contribution in [1.82, 2.24) is 0 Å². The molecule has 14 heavy (non-hydrogen) atoms. The Morgan fingerprint density at radius 2 is 2.00 bits per heavy atom. The van der Waals surface area contributed by atoms with Gasteiger partial charge < -0.3 is 0 Å². The average molecular weight is 219 g/mol. The second kappa shape index (κ2) is 4.74.